The van der Waals surface area contributed by atoms with Crippen LogP contribution in [0.5, 0.6) is 0 Å². The molecule has 0 aromatic heterocycles. The van der Waals surface area contributed by atoms with E-state index in [4.69, 9.17) is 12.2 Å². The molecule has 3 nitrogen and oxygen atoms in total. The minimum Gasteiger partial charge on any atom is -0.358 e. The molecule has 4 heteroatoms. The second-order valence-electron chi connectivity index (χ2n) is 4.65. The van der Waals surface area contributed by atoms with Crippen LogP contribution in [-0.4, -0.2) is 16.9 Å². The zero-order chi connectivity index (χ0) is 12.0. The molecular formula is C12H23N3S. The van der Waals surface area contributed by atoms with Gasteiger partial charge in [0.25, 0.3) is 0 Å². The Morgan fingerprint density at radius 2 is 2.06 bits per heavy atom. The average molecular weight is 241 g/mol. The first-order valence-corrected chi connectivity index (χ1v) is 6.64. The molecule has 1 aliphatic rings. The molecule has 0 heterocycles. The number of thiocarbonyl (C=S) groups is 1. The van der Waals surface area contributed by atoms with Crippen LogP contribution in [0.4, 0.5) is 0 Å². The van der Waals surface area contributed by atoms with E-state index in [1.807, 2.05) is 6.92 Å². The molecule has 1 rings (SSSR count). The van der Waals surface area contributed by atoms with E-state index >= 15 is 0 Å². The SMILES string of the molecule is CC/C(C)=N\NC(=S)N[C@H]1CCCC[C@H]1C. The largest absolute Gasteiger partial charge is 0.358 e. The van der Waals surface area contributed by atoms with Crippen molar-refractivity contribution in [1.82, 2.24) is 10.7 Å². The standard InChI is InChI=1S/C12H23N3S/c1-4-10(3)14-15-12(16)13-11-8-6-5-7-9(11)2/h9,11H,4-8H2,1-3H3,(H2,13,15,16)/b14-10-/t9-,11+/m1/s1. The Labute approximate surface area is 104 Å². The van der Waals surface area contributed by atoms with Crippen molar-refractivity contribution >= 4 is 23.0 Å². The van der Waals surface area contributed by atoms with Crippen LogP contribution in [0, 0.1) is 5.92 Å². The Morgan fingerprint density at radius 1 is 1.38 bits per heavy atom. The van der Waals surface area contributed by atoms with Crippen LogP contribution in [-0.2, 0) is 0 Å². The highest BCUT2D eigenvalue weighted by Gasteiger charge is 2.21. The van der Waals surface area contributed by atoms with Crippen LogP contribution in [0.1, 0.15) is 52.9 Å². The van der Waals surface area contributed by atoms with Gasteiger partial charge in [0, 0.05) is 11.8 Å². The van der Waals surface area contributed by atoms with Gasteiger partial charge >= 0.3 is 0 Å². The predicted molar refractivity (Wildman–Crippen MR) is 73.7 cm³/mol. The highest BCUT2D eigenvalue weighted by atomic mass is 32.1. The summed E-state index contributed by atoms with van der Waals surface area (Å²) in [5, 5.41) is 8.22. The maximum absolute atomic E-state index is 5.22. The molecule has 16 heavy (non-hydrogen) atoms. The van der Waals surface area contributed by atoms with E-state index in [-0.39, 0.29) is 0 Å². The molecule has 92 valence electrons. The van der Waals surface area contributed by atoms with Crippen molar-refractivity contribution in [1.29, 1.82) is 0 Å². The Kier molecular flexibility index (Phi) is 5.74. The lowest BCUT2D eigenvalue weighted by atomic mass is 9.86. The summed E-state index contributed by atoms with van der Waals surface area (Å²) < 4.78 is 0. The average Bonchev–Trinajstić information content (AvgIpc) is 2.29. The quantitative estimate of drug-likeness (QED) is 0.453. The smallest absolute Gasteiger partial charge is 0.187 e. The fourth-order valence-electron chi connectivity index (χ4n) is 1.96. The van der Waals surface area contributed by atoms with Crippen LogP contribution >= 0.6 is 12.2 Å². The summed E-state index contributed by atoms with van der Waals surface area (Å²) in [5.41, 5.74) is 3.98. The summed E-state index contributed by atoms with van der Waals surface area (Å²) >= 11 is 5.22. The van der Waals surface area contributed by atoms with Gasteiger partial charge in [0.05, 0.1) is 0 Å². The van der Waals surface area contributed by atoms with E-state index < -0.39 is 0 Å². The highest BCUT2D eigenvalue weighted by molar-refractivity contribution is 7.80. The lowest BCUT2D eigenvalue weighted by Gasteiger charge is -2.30. The van der Waals surface area contributed by atoms with Gasteiger partial charge in [-0.25, -0.2) is 0 Å². The van der Waals surface area contributed by atoms with Crippen molar-refractivity contribution in [2.75, 3.05) is 0 Å². The molecule has 0 radical (unpaired) electrons. The van der Waals surface area contributed by atoms with Crippen molar-refractivity contribution in [2.24, 2.45) is 11.0 Å². The second-order valence-corrected chi connectivity index (χ2v) is 5.06. The molecule has 0 amide bonds. The first kappa shape index (κ1) is 13.4. The summed E-state index contributed by atoms with van der Waals surface area (Å²) in [5.74, 6) is 0.713. The number of nitrogens with zero attached hydrogens (tertiary/aromatic N) is 1. The van der Waals surface area contributed by atoms with E-state index in [1.54, 1.807) is 0 Å². The summed E-state index contributed by atoms with van der Waals surface area (Å²) in [6.45, 7) is 6.37. The normalized spacial score (nSPS) is 26.3. The molecule has 0 aromatic carbocycles. The third-order valence-corrected chi connectivity index (χ3v) is 3.50. The molecule has 1 fully saturated rings. The maximum Gasteiger partial charge on any atom is 0.187 e. The zero-order valence-corrected chi connectivity index (χ0v) is 11.4. The van der Waals surface area contributed by atoms with Crippen LogP contribution in [0.15, 0.2) is 5.10 Å². The Hall–Kier alpha value is -0.640. The van der Waals surface area contributed by atoms with E-state index in [2.05, 4.69) is 29.7 Å². The summed E-state index contributed by atoms with van der Waals surface area (Å²) in [7, 11) is 0. The Bertz CT molecular complexity index is 263. The molecule has 0 spiro atoms. The maximum atomic E-state index is 5.22. The minimum atomic E-state index is 0.519. The first-order chi connectivity index (χ1) is 7.63. The second kappa shape index (κ2) is 6.84. The third kappa shape index (κ3) is 4.47. The fraction of sp³-hybridized carbons (Fsp3) is 0.833. The third-order valence-electron chi connectivity index (χ3n) is 3.29. The fourth-order valence-corrected chi connectivity index (χ4v) is 2.15. The Morgan fingerprint density at radius 3 is 2.69 bits per heavy atom. The number of hydrogen-bond acceptors (Lipinski definition) is 2. The van der Waals surface area contributed by atoms with Gasteiger partial charge in [-0.3, -0.25) is 5.43 Å². The van der Waals surface area contributed by atoms with E-state index in [9.17, 15) is 0 Å². The minimum absolute atomic E-state index is 0.519. The van der Waals surface area contributed by atoms with Crippen molar-refractivity contribution < 1.29 is 0 Å². The number of nitrogens with one attached hydrogen (secondary N) is 2. The van der Waals surface area contributed by atoms with Gasteiger partial charge in [0.1, 0.15) is 0 Å². The molecule has 0 saturated heterocycles. The zero-order valence-electron chi connectivity index (χ0n) is 10.5. The number of rotatable bonds is 3. The van der Waals surface area contributed by atoms with Gasteiger partial charge in [0.15, 0.2) is 5.11 Å². The van der Waals surface area contributed by atoms with Gasteiger partial charge in [-0.2, -0.15) is 5.10 Å². The van der Waals surface area contributed by atoms with Crippen molar-refractivity contribution in [2.45, 2.75) is 58.9 Å². The van der Waals surface area contributed by atoms with Gasteiger partial charge in [-0.15, -0.1) is 0 Å². The summed E-state index contributed by atoms with van der Waals surface area (Å²) in [6.07, 6.45) is 6.14. The number of hydrazone groups is 1. The molecule has 0 aliphatic heterocycles. The van der Waals surface area contributed by atoms with Crippen molar-refractivity contribution in [3.8, 4) is 0 Å². The molecule has 0 bridgehead atoms. The van der Waals surface area contributed by atoms with E-state index in [1.165, 1.54) is 25.7 Å². The van der Waals surface area contributed by atoms with Crippen molar-refractivity contribution in [3.05, 3.63) is 0 Å². The van der Waals surface area contributed by atoms with E-state index in [0.29, 0.717) is 17.1 Å². The van der Waals surface area contributed by atoms with Crippen LogP contribution < -0.4 is 10.7 Å². The van der Waals surface area contributed by atoms with Crippen LogP contribution in [0.2, 0.25) is 0 Å². The molecule has 0 unspecified atom stereocenters. The number of hydrogen-bond donors (Lipinski definition) is 2. The lowest BCUT2D eigenvalue weighted by Crippen LogP contribution is -2.44. The van der Waals surface area contributed by atoms with Gasteiger partial charge in [0.2, 0.25) is 0 Å². The first-order valence-electron chi connectivity index (χ1n) is 6.23. The van der Waals surface area contributed by atoms with E-state index in [0.717, 1.165) is 12.1 Å². The molecule has 1 aliphatic carbocycles. The summed E-state index contributed by atoms with van der Waals surface area (Å²) in [4.78, 5) is 0. The highest BCUT2D eigenvalue weighted by Crippen LogP contribution is 2.23. The van der Waals surface area contributed by atoms with Gasteiger partial charge in [-0.05, 0) is 44.3 Å². The molecule has 2 atom stereocenters. The molecule has 2 N–H and O–H groups in total. The van der Waals surface area contributed by atoms with Gasteiger partial charge < -0.3 is 5.32 Å². The Balaban J connectivity index is 2.33. The van der Waals surface area contributed by atoms with Crippen LogP contribution in [0.25, 0.3) is 0 Å². The summed E-state index contributed by atoms with van der Waals surface area (Å²) in [6, 6.07) is 0.519. The molecular weight excluding hydrogens is 218 g/mol. The topological polar surface area (TPSA) is 36.4 Å². The predicted octanol–water partition coefficient (Wildman–Crippen LogP) is 2.82. The molecule has 0 aromatic rings. The monoisotopic (exact) mass is 241 g/mol. The van der Waals surface area contributed by atoms with Crippen molar-refractivity contribution in [3.63, 3.8) is 0 Å². The van der Waals surface area contributed by atoms with Crippen LogP contribution in [0.3, 0.4) is 0 Å². The lowest BCUT2D eigenvalue weighted by molar-refractivity contribution is 0.308. The molecule has 1 saturated carbocycles. The van der Waals surface area contributed by atoms with Gasteiger partial charge in [-0.1, -0.05) is 26.7 Å².